The summed E-state index contributed by atoms with van der Waals surface area (Å²) >= 11 is 0. The van der Waals surface area contributed by atoms with Gasteiger partial charge < -0.3 is 4.79 Å². The quantitative estimate of drug-likeness (QED) is 0.387. The number of carbonyl (C=O) groups excluding carboxylic acids is 3. The van der Waals surface area contributed by atoms with Crippen molar-refractivity contribution in [1.29, 1.82) is 0 Å². The Balaban J connectivity index is 2.69. The third kappa shape index (κ3) is 1.87. The summed E-state index contributed by atoms with van der Waals surface area (Å²) in [6, 6.07) is -0.893. The lowest BCUT2D eigenvalue weighted by Gasteiger charge is -2.13. The van der Waals surface area contributed by atoms with Crippen LogP contribution in [0.15, 0.2) is 0 Å². The molecular formula is C6H10N2O3P2. The number of hydrogen-bond donors (Lipinski definition) is 0. The van der Waals surface area contributed by atoms with Crippen molar-refractivity contribution >= 4 is 37.0 Å². The zero-order valence-corrected chi connectivity index (χ0v) is 9.15. The third-order valence-corrected chi connectivity index (χ3v) is 2.90. The summed E-state index contributed by atoms with van der Waals surface area (Å²) in [5.74, 6) is -0.285. The van der Waals surface area contributed by atoms with Gasteiger partial charge in [0.05, 0.1) is 0 Å². The highest BCUT2D eigenvalue weighted by atomic mass is 31.0. The van der Waals surface area contributed by atoms with E-state index in [0.717, 1.165) is 11.0 Å². The van der Waals surface area contributed by atoms with Crippen LogP contribution >= 0.6 is 18.8 Å². The number of imide groups is 1. The first-order valence-corrected chi connectivity index (χ1v) is 4.73. The van der Waals surface area contributed by atoms with Gasteiger partial charge in [0.25, 0.3) is 5.91 Å². The smallest absolute Gasteiger partial charge is 0.303 e. The summed E-state index contributed by atoms with van der Waals surface area (Å²) in [6.45, 7) is 0. The molecule has 0 bridgehead atoms. The second-order valence-electron chi connectivity index (χ2n) is 2.66. The Morgan fingerprint density at radius 2 is 2.00 bits per heavy atom. The maximum absolute atomic E-state index is 11.3. The molecule has 0 aliphatic carbocycles. The van der Waals surface area contributed by atoms with E-state index in [2.05, 4.69) is 18.8 Å². The van der Waals surface area contributed by atoms with E-state index >= 15 is 0 Å². The highest BCUT2D eigenvalue weighted by Crippen LogP contribution is 2.26. The first-order chi connectivity index (χ1) is 6.09. The van der Waals surface area contributed by atoms with Gasteiger partial charge in [-0.25, -0.2) is 9.46 Å². The molecule has 7 heteroatoms. The first kappa shape index (κ1) is 10.6. The largest absolute Gasteiger partial charge is 0.333 e. The first-order valence-electron chi connectivity index (χ1n) is 3.69. The van der Waals surface area contributed by atoms with Gasteiger partial charge in [-0.05, 0) is 25.2 Å². The van der Waals surface area contributed by atoms with Crippen molar-refractivity contribution in [3.05, 3.63) is 0 Å². The molecule has 3 amide bonds. The van der Waals surface area contributed by atoms with Gasteiger partial charge in [0.15, 0.2) is 0 Å². The van der Waals surface area contributed by atoms with Crippen LogP contribution in [0.25, 0.3) is 0 Å². The normalized spacial score (nSPS) is 22.8. The van der Waals surface area contributed by atoms with Gasteiger partial charge >= 0.3 is 6.03 Å². The molecule has 0 radical (unpaired) electrons. The van der Waals surface area contributed by atoms with E-state index in [9.17, 15) is 14.4 Å². The van der Waals surface area contributed by atoms with Crippen LogP contribution < -0.4 is 0 Å². The molecule has 5 nitrogen and oxygen atoms in total. The molecule has 1 rings (SSSR count). The summed E-state index contributed by atoms with van der Waals surface area (Å²) in [6.07, 6.45) is 1.40. The van der Waals surface area contributed by atoms with Crippen molar-refractivity contribution in [1.82, 2.24) is 9.34 Å². The summed E-state index contributed by atoms with van der Waals surface area (Å²) in [5.41, 5.74) is 0. The van der Waals surface area contributed by atoms with Crippen LogP contribution in [0.1, 0.15) is 12.8 Å². The van der Waals surface area contributed by atoms with Gasteiger partial charge in [-0.3, -0.25) is 9.46 Å². The molecule has 1 aliphatic rings. The molecule has 1 aliphatic heterocycles. The summed E-state index contributed by atoms with van der Waals surface area (Å²) in [7, 11) is 4.24. The molecule has 0 aromatic carbocycles. The summed E-state index contributed by atoms with van der Waals surface area (Å²) in [5, 5.41) is 0. The highest BCUT2D eigenvalue weighted by Gasteiger charge is 2.40. The SMILES string of the molecule is O=CCC[C@@H]1C(=O)N(P)C(=O)N1P. The number of hydrogen-bond acceptors (Lipinski definition) is 3. The molecule has 0 aromatic rings. The van der Waals surface area contributed by atoms with Crippen LogP contribution in [0.5, 0.6) is 0 Å². The molecule has 0 aromatic heterocycles. The van der Waals surface area contributed by atoms with Crippen LogP contribution in [0, 0.1) is 0 Å². The topological polar surface area (TPSA) is 57.7 Å². The van der Waals surface area contributed by atoms with Crippen LogP contribution in [0.4, 0.5) is 4.79 Å². The van der Waals surface area contributed by atoms with Gasteiger partial charge in [-0.2, -0.15) is 0 Å². The van der Waals surface area contributed by atoms with Crippen LogP contribution in [-0.4, -0.2) is 33.6 Å². The van der Waals surface area contributed by atoms with E-state index < -0.39 is 6.04 Å². The molecule has 1 fully saturated rings. The molecule has 0 spiro atoms. The molecule has 1 heterocycles. The van der Waals surface area contributed by atoms with Crippen molar-refractivity contribution in [2.24, 2.45) is 0 Å². The van der Waals surface area contributed by atoms with E-state index in [1.807, 2.05) is 0 Å². The molecular weight excluding hydrogens is 210 g/mol. The fraction of sp³-hybridized carbons (Fsp3) is 0.500. The molecule has 13 heavy (non-hydrogen) atoms. The summed E-state index contributed by atoms with van der Waals surface area (Å²) < 4.78 is 2.24. The van der Waals surface area contributed by atoms with Crippen molar-refractivity contribution in [3.8, 4) is 0 Å². The fourth-order valence-electron chi connectivity index (χ4n) is 1.12. The standard InChI is InChI=1S/C6H10N2O3P2/c9-3-1-2-4-5(10)8(13)6(11)7(4)12/h3-4H,1-2,12-13H2/t4-/m1/s1. The molecule has 0 N–H and O–H groups in total. The van der Waals surface area contributed by atoms with Crippen molar-refractivity contribution in [3.63, 3.8) is 0 Å². The minimum Gasteiger partial charge on any atom is -0.303 e. The van der Waals surface area contributed by atoms with E-state index in [1.54, 1.807) is 0 Å². The van der Waals surface area contributed by atoms with Crippen molar-refractivity contribution in [2.45, 2.75) is 18.9 Å². The maximum Gasteiger partial charge on any atom is 0.333 e. The molecule has 0 saturated carbocycles. The van der Waals surface area contributed by atoms with E-state index in [0.29, 0.717) is 6.42 Å². The second kappa shape index (κ2) is 4.12. The molecule has 3 atom stereocenters. The van der Waals surface area contributed by atoms with Gasteiger partial charge in [0.1, 0.15) is 12.3 Å². The Labute approximate surface area is 80.3 Å². The van der Waals surface area contributed by atoms with Crippen molar-refractivity contribution in [2.75, 3.05) is 0 Å². The van der Waals surface area contributed by atoms with Crippen molar-refractivity contribution < 1.29 is 14.4 Å². The Bertz CT molecular complexity index is 258. The lowest BCUT2D eigenvalue weighted by atomic mass is 10.2. The number of aldehydes is 1. The Hall–Kier alpha value is -0.530. The van der Waals surface area contributed by atoms with E-state index in [4.69, 9.17) is 0 Å². The van der Waals surface area contributed by atoms with Crippen LogP contribution in [0.2, 0.25) is 0 Å². The minimum atomic E-state index is -0.514. The Morgan fingerprint density at radius 3 is 2.38 bits per heavy atom. The fourth-order valence-corrected chi connectivity index (χ4v) is 1.96. The zero-order valence-electron chi connectivity index (χ0n) is 6.84. The highest BCUT2D eigenvalue weighted by molar-refractivity contribution is 7.18. The van der Waals surface area contributed by atoms with Gasteiger partial charge in [-0.15, -0.1) is 0 Å². The number of amides is 3. The lowest BCUT2D eigenvalue weighted by Crippen LogP contribution is -2.26. The number of carbonyl (C=O) groups is 3. The average Bonchev–Trinajstić information content (AvgIpc) is 2.30. The average molecular weight is 220 g/mol. The molecule has 1 saturated heterocycles. The lowest BCUT2D eigenvalue weighted by molar-refractivity contribution is -0.124. The van der Waals surface area contributed by atoms with Gasteiger partial charge in [-0.1, -0.05) is 0 Å². The van der Waals surface area contributed by atoms with E-state index in [-0.39, 0.29) is 18.4 Å². The predicted molar refractivity (Wildman–Crippen MR) is 52.6 cm³/mol. The zero-order chi connectivity index (χ0) is 10.0. The maximum atomic E-state index is 11.3. The van der Waals surface area contributed by atoms with Crippen LogP contribution in [-0.2, 0) is 9.59 Å². The molecule has 2 unspecified atom stereocenters. The Kier molecular flexibility index (Phi) is 3.34. The minimum absolute atomic E-state index is 0.285. The monoisotopic (exact) mass is 220 g/mol. The predicted octanol–water partition coefficient (Wildman–Crippen LogP) is 0.178. The second-order valence-corrected chi connectivity index (χ2v) is 3.73. The van der Waals surface area contributed by atoms with E-state index in [1.165, 1.54) is 4.67 Å². The van der Waals surface area contributed by atoms with Gasteiger partial charge in [0, 0.05) is 6.42 Å². The number of nitrogens with zero attached hydrogens (tertiary/aromatic N) is 2. The Morgan fingerprint density at radius 1 is 1.38 bits per heavy atom. The third-order valence-electron chi connectivity index (χ3n) is 1.84. The number of urea groups is 1. The van der Waals surface area contributed by atoms with Gasteiger partial charge in [0.2, 0.25) is 0 Å². The van der Waals surface area contributed by atoms with Crippen LogP contribution in [0.3, 0.4) is 0 Å². The molecule has 72 valence electrons. The summed E-state index contributed by atoms with van der Waals surface area (Å²) in [4.78, 5) is 32.6. The number of rotatable bonds is 3.